The summed E-state index contributed by atoms with van der Waals surface area (Å²) < 4.78 is 31.0. The van der Waals surface area contributed by atoms with Crippen molar-refractivity contribution in [2.24, 2.45) is 0 Å². The largest absolute Gasteiger partial charge is 0.454 e. The van der Waals surface area contributed by atoms with Gasteiger partial charge in [-0.3, -0.25) is 9.59 Å². The lowest BCUT2D eigenvalue weighted by Gasteiger charge is -2.22. The Morgan fingerprint density at radius 1 is 1.20 bits per heavy atom. The summed E-state index contributed by atoms with van der Waals surface area (Å²) in [5.74, 6) is -1.09. The molecule has 1 aliphatic heterocycles. The van der Waals surface area contributed by atoms with Gasteiger partial charge in [0.15, 0.2) is 6.61 Å². The second kappa shape index (κ2) is 9.57. The predicted octanol–water partition coefficient (Wildman–Crippen LogP) is 2.76. The third kappa shape index (κ3) is 4.99. The van der Waals surface area contributed by atoms with Crippen LogP contribution in [-0.4, -0.2) is 49.5 Å². The highest BCUT2D eigenvalue weighted by molar-refractivity contribution is 7.89. The van der Waals surface area contributed by atoms with Gasteiger partial charge in [-0.2, -0.15) is 4.31 Å². The zero-order valence-corrected chi connectivity index (χ0v) is 18.2. The molecule has 1 amide bonds. The summed E-state index contributed by atoms with van der Waals surface area (Å²) in [5, 5.41) is 4.98. The molecule has 0 aliphatic carbocycles. The molecule has 7 nitrogen and oxygen atoms in total. The van der Waals surface area contributed by atoms with Gasteiger partial charge >= 0.3 is 5.97 Å². The zero-order valence-electron chi connectivity index (χ0n) is 17.3. The minimum absolute atomic E-state index is 0.000186. The van der Waals surface area contributed by atoms with Crippen molar-refractivity contribution in [3.8, 4) is 0 Å². The number of benzene rings is 2. The normalized spacial score (nSPS) is 18.3. The van der Waals surface area contributed by atoms with Crippen LogP contribution < -0.4 is 5.32 Å². The van der Waals surface area contributed by atoms with E-state index in [9.17, 15) is 18.0 Å². The number of esters is 1. The fourth-order valence-electron chi connectivity index (χ4n) is 3.91. The van der Waals surface area contributed by atoms with Crippen LogP contribution in [0, 0.1) is 0 Å². The van der Waals surface area contributed by atoms with Gasteiger partial charge in [-0.05, 0) is 42.5 Å². The van der Waals surface area contributed by atoms with Crippen molar-refractivity contribution in [1.29, 1.82) is 0 Å². The van der Waals surface area contributed by atoms with Crippen molar-refractivity contribution >= 4 is 32.7 Å². The van der Waals surface area contributed by atoms with Crippen LogP contribution >= 0.6 is 0 Å². The fourth-order valence-corrected chi connectivity index (χ4v) is 5.64. The number of nitrogens with zero attached hydrogens (tertiary/aromatic N) is 1. The predicted molar refractivity (Wildman–Crippen MR) is 115 cm³/mol. The minimum atomic E-state index is -3.49. The number of hydrogen-bond donors (Lipinski definition) is 1. The summed E-state index contributed by atoms with van der Waals surface area (Å²) in [5.41, 5.74) is 0.973. The molecule has 1 saturated heterocycles. The number of hydrogen-bond acceptors (Lipinski definition) is 5. The maximum atomic E-state index is 12.4. The molecular formula is C22H28N2O5S. The molecule has 1 heterocycles. The van der Waals surface area contributed by atoms with Crippen LogP contribution in [0.1, 0.15) is 44.7 Å². The van der Waals surface area contributed by atoms with Crippen molar-refractivity contribution in [3.05, 3.63) is 48.0 Å². The van der Waals surface area contributed by atoms with Gasteiger partial charge in [0.2, 0.25) is 10.0 Å². The first-order chi connectivity index (χ1) is 14.3. The first kappa shape index (κ1) is 22.2. The van der Waals surface area contributed by atoms with Crippen LogP contribution in [0.3, 0.4) is 0 Å². The Labute approximate surface area is 177 Å². The van der Waals surface area contributed by atoms with Crippen molar-refractivity contribution in [1.82, 2.24) is 9.62 Å². The molecular weight excluding hydrogens is 404 g/mol. The molecule has 0 saturated carbocycles. The van der Waals surface area contributed by atoms with Crippen molar-refractivity contribution < 1.29 is 22.7 Å². The molecule has 1 fully saturated rings. The lowest BCUT2D eigenvalue weighted by Crippen LogP contribution is -2.43. The van der Waals surface area contributed by atoms with Crippen LogP contribution in [0.25, 0.3) is 10.8 Å². The van der Waals surface area contributed by atoms with Gasteiger partial charge in [-0.1, -0.05) is 49.4 Å². The average molecular weight is 433 g/mol. The first-order valence-electron chi connectivity index (χ1n) is 10.3. The third-order valence-electron chi connectivity index (χ3n) is 5.31. The summed E-state index contributed by atoms with van der Waals surface area (Å²) in [6.45, 7) is 3.53. The number of rotatable bonds is 8. The molecule has 2 atom stereocenters. The number of sulfonamides is 1. The van der Waals surface area contributed by atoms with Crippen LogP contribution in [-0.2, 0) is 24.3 Å². The molecule has 8 heteroatoms. The second-order valence-corrected chi connectivity index (χ2v) is 9.59. The lowest BCUT2D eigenvalue weighted by atomic mass is 10.00. The summed E-state index contributed by atoms with van der Waals surface area (Å²) in [4.78, 5) is 24.8. The average Bonchev–Trinajstić information content (AvgIpc) is 3.22. The van der Waals surface area contributed by atoms with E-state index in [1.807, 2.05) is 49.4 Å². The van der Waals surface area contributed by atoms with Gasteiger partial charge in [-0.15, -0.1) is 0 Å². The Hall–Kier alpha value is -2.45. The molecule has 2 unspecified atom stereocenters. The van der Waals surface area contributed by atoms with E-state index < -0.39 is 34.5 Å². The Kier molecular flexibility index (Phi) is 7.10. The molecule has 0 radical (unpaired) electrons. The standard InChI is InChI=1S/C22H28N2O5S/c1-3-14-30(27,28)24-13-7-12-20(24)22(26)29-15-21(25)23-16(2)18-11-6-9-17-8-4-5-10-19(17)18/h4-6,8-11,16,20H,3,7,12-15H2,1-2H3,(H,23,25). The summed E-state index contributed by atoms with van der Waals surface area (Å²) in [7, 11) is -3.49. The van der Waals surface area contributed by atoms with Gasteiger partial charge < -0.3 is 10.1 Å². The maximum absolute atomic E-state index is 12.4. The first-order valence-corrected chi connectivity index (χ1v) is 11.9. The van der Waals surface area contributed by atoms with Crippen molar-refractivity contribution in [2.45, 2.75) is 45.2 Å². The molecule has 2 aromatic rings. The van der Waals surface area contributed by atoms with Crippen molar-refractivity contribution in [2.75, 3.05) is 18.9 Å². The molecule has 3 rings (SSSR count). The van der Waals surface area contributed by atoms with Gasteiger partial charge in [-0.25, -0.2) is 8.42 Å². The van der Waals surface area contributed by atoms with Gasteiger partial charge in [0, 0.05) is 6.54 Å². The van der Waals surface area contributed by atoms with E-state index in [1.54, 1.807) is 6.92 Å². The van der Waals surface area contributed by atoms with E-state index in [4.69, 9.17) is 4.74 Å². The van der Waals surface area contributed by atoms with E-state index in [1.165, 1.54) is 4.31 Å². The Morgan fingerprint density at radius 2 is 1.93 bits per heavy atom. The quantitative estimate of drug-likeness (QED) is 0.648. The Balaban J connectivity index is 1.58. The smallest absolute Gasteiger partial charge is 0.324 e. The Bertz CT molecular complexity index is 1020. The van der Waals surface area contributed by atoms with E-state index in [0.29, 0.717) is 25.8 Å². The number of fused-ring (bicyclic) bond motifs is 1. The third-order valence-corrected chi connectivity index (χ3v) is 7.38. The van der Waals surface area contributed by atoms with Gasteiger partial charge in [0.25, 0.3) is 5.91 Å². The van der Waals surface area contributed by atoms with Gasteiger partial charge in [0.05, 0.1) is 11.8 Å². The number of carbonyl (C=O) groups excluding carboxylic acids is 2. The van der Waals surface area contributed by atoms with E-state index in [2.05, 4.69) is 5.32 Å². The van der Waals surface area contributed by atoms with Crippen LogP contribution in [0.4, 0.5) is 0 Å². The molecule has 0 spiro atoms. The summed E-state index contributed by atoms with van der Waals surface area (Å²) >= 11 is 0. The Morgan fingerprint density at radius 3 is 2.70 bits per heavy atom. The molecule has 162 valence electrons. The minimum Gasteiger partial charge on any atom is -0.454 e. The highest BCUT2D eigenvalue weighted by atomic mass is 32.2. The van der Waals surface area contributed by atoms with Crippen molar-refractivity contribution in [3.63, 3.8) is 0 Å². The SMILES string of the molecule is CCCS(=O)(=O)N1CCCC1C(=O)OCC(=O)NC(C)c1cccc2ccccc12. The van der Waals surface area contributed by atoms with Crippen LogP contribution in [0.2, 0.25) is 0 Å². The van der Waals surface area contributed by atoms with Crippen LogP contribution in [0.15, 0.2) is 42.5 Å². The zero-order chi connectivity index (χ0) is 21.7. The summed E-state index contributed by atoms with van der Waals surface area (Å²) in [6, 6.07) is 12.7. The number of nitrogens with one attached hydrogen (secondary N) is 1. The van der Waals surface area contributed by atoms with Gasteiger partial charge in [0.1, 0.15) is 6.04 Å². The van der Waals surface area contributed by atoms with E-state index in [0.717, 1.165) is 16.3 Å². The maximum Gasteiger partial charge on any atom is 0.324 e. The fraction of sp³-hybridized carbons (Fsp3) is 0.455. The van der Waals surface area contributed by atoms with Crippen LogP contribution in [0.5, 0.6) is 0 Å². The second-order valence-electron chi connectivity index (χ2n) is 7.55. The monoisotopic (exact) mass is 432 g/mol. The number of carbonyl (C=O) groups is 2. The summed E-state index contributed by atoms with van der Waals surface area (Å²) in [6.07, 6.45) is 1.50. The molecule has 1 N–H and O–H groups in total. The molecule has 30 heavy (non-hydrogen) atoms. The lowest BCUT2D eigenvalue weighted by molar-refractivity contribution is -0.151. The van der Waals surface area contributed by atoms with E-state index in [-0.39, 0.29) is 11.8 Å². The van der Waals surface area contributed by atoms with E-state index >= 15 is 0 Å². The highest BCUT2D eigenvalue weighted by Gasteiger charge is 2.39. The molecule has 0 bridgehead atoms. The molecule has 0 aromatic heterocycles. The topological polar surface area (TPSA) is 92.8 Å². The number of amides is 1. The molecule has 1 aliphatic rings. The number of ether oxygens (including phenoxy) is 1. The molecule has 2 aromatic carbocycles. The highest BCUT2D eigenvalue weighted by Crippen LogP contribution is 2.25.